The van der Waals surface area contributed by atoms with Crippen molar-refractivity contribution in [2.24, 2.45) is 7.05 Å². The summed E-state index contributed by atoms with van der Waals surface area (Å²) in [4.78, 5) is 0. The highest BCUT2D eigenvalue weighted by atomic mass is 35.5. The Morgan fingerprint density at radius 1 is 1.62 bits per heavy atom. The Morgan fingerprint density at radius 3 is 2.38 bits per heavy atom. The van der Waals surface area contributed by atoms with Crippen molar-refractivity contribution in [1.82, 2.24) is 4.57 Å². The highest BCUT2D eigenvalue weighted by molar-refractivity contribution is 6.33. The van der Waals surface area contributed by atoms with Crippen molar-refractivity contribution in [2.45, 2.75) is 0 Å². The van der Waals surface area contributed by atoms with Gasteiger partial charge in [0.15, 0.2) is 0 Å². The van der Waals surface area contributed by atoms with E-state index in [0.717, 1.165) is 0 Å². The van der Waals surface area contributed by atoms with Crippen molar-refractivity contribution < 1.29 is 0 Å². The van der Waals surface area contributed by atoms with Gasteiger partial charge in [-0.15, -0.1) is 0 Å². The second-order valence-electron chi connectivity index (χ2n) is 1.73. The summed E-state index contributed by atoms with van der Waals surface area (Å²) in [5.41, 5.74) is 6.02. The first-order chi connectivity index (χ1) is 3.70. The van der Waals surface area contributed by atoms with E-state index in [9.17, 15) is 0 Å². The van der Waals surface area contributed by atoms with E-state index >= 15 is 0 Å². The van der Waals surface area contributed by atoms with Crippen LogP contribution in [0, 0.1) is 0 Å². The maximum absolute atomic E-state index is 5.58. The standard InChI is InChI=1S/C5H7ClN2/c1-8-2-4(6)5(7)3-8/h2-3H,7H2,1H3. The third kappa shape index (κ3) is 0.793. The van der Waals surface area contributed by atoms with Crippen LogP contribution >= 0.6 is 11.6 Å². The molecule has 0 aliphatic rings. The highest BCUT2D eigenvalue weighted by Gasteiger charge is 1.94. The van der Waals surface area contributed by atoms with Gasteiger partial charge < -0.3 is 10.3 Å². The van der Waals surface area contributed by atoms with Crippen molar-refractivity contribution in [3.05, 3.63) is 17.4 Å². The lowest BCUT2D eigenvalue weighted by Crippen LogP contribution is -1.81. The van der Waals surface area contributed by atoms with Crippen LogP contribution in [-0.4, -0.2) is 4.57 Å². The van der Waals surface area contributed by atoms with E-state index in [1.54, 1.807) is 12.4 Å². The summed E-state index contributed by atoms with van der Waals surface area (Å²) in [5.74, 6) is 0. The Hall–Kier alpha value is -0.630. The molecule has 1 aromatic rings. The Balaban J connectivity index is 3.14. The van der Waals surface area contributed by atoms with Crippen molar-refractivity contribution in [3.63, 3.8) is 0 Å². The zero-order valence-electron chi connectivity index (χ0n) is 4.56. The molecule has 1 aromatic heterocycles. The Kier molecular flexibility index (Phi) is 1.18. The largest absolute Gasteiger partial charge is 0.396 e. The van der Waals surface area contributed by atoms with Crippen LogP contribution in [0.5, 0.6) is 0 Å². The van der Waals surface area contributed by atoms with E-state index in [2.05, 4.69) is 0 Å². The van der Waals surface area contributed by atoms with Crippen LogP contribution in [0.3, 0.4) is 0 Å². The second kappa shape index (κ2) is 1.71. The number of hydrogen-bond donors (Lipinski definition) is 1. The van der Waals surface area contributed by atoms with E-state index < -0.39 is 0 Å². The minimum absolute atomic E-state index is 0.618. The predicted molar refractivity (Wildman–Crippen MR) is 34.8 cm³/mol. The molecule has 0 bridgehead atoms. The first kappa shape index (κ1) is 5.51. The average Bonchev–Trinajstić information content (AvgIpc) is 1.85. The van der Waals surface area contributed by atoms with Crippen molar-refractivity contribution >= 4 is 17.3 Å². The van der Waals surface area contributed by atoms with Crippen molar-refractivity contribution in [3.8, 4) is 0 Å². The summed E-state index contributed by atoms with van der Waals surface area (Å²) in [6.07, 6.45) is 3.53. The lowest BCUT2D eigenvalue weighted by molar-refractivity contribution is 0.929. The molecule has 0 saturated heterocycles. The van der Waals surface area contributed by atoms with Crippen LogP contribution < -0.4 is 5.73 Å². The van der Waals surface area contributed by atoms with Crippen molar-refractivity contribution in [1.29, 1.82) is 0 Å². The average molecular weight is 131 g/mol. The quantitative estimate of drug-likeness (QED) is 0.563. The van der Waals surface area contributed by atoms with Gasteiger partial charge in [-0.25, -0.2) is 0 Å². The number of rotatable bonds is 0. The second-order valence-corrected chi connectivity index (χ2v) is 2.13. The van der Waals surface area contributed by atoms with Gasteiger partial charge in [0, 0.05) is 19.4 Å². The molecule has 8 heavy (non-hydrogen) atoms. The van der Waals surface area contributed by atoms with Crippen LogP contribution in [0.4, 0.5) is 5.69 Å². The van der Waals surface area contributed by atoms with Gasteiger partial charge in [-0.3, -0.25) is 0 Å². The zero-order chi connectivity index (χ0) is 6.15. The molecule has 0 aromatic carbocycles. The molecule has 2 nitrogen and oxygen atoms in total. The van der Waals surface area contributed by atoms with E-state index in [0.29, 0.717) is 10.7 Å². The fourth-order valence-electron chi connectivity index (χ4n) is 0.572. The zero-order valence-corrected chi connectivity index (χ0v) is 5.31. The van der Waals surface area contributed by atoms with Gasteiger partial charge in [0.05, 0.1) is 10.7 Å². The molecule has 0 atom stereocenters. The number of aryl methyl sites for hydroxylation is 1. The third-order valence-electron chi connectivity index (χ3n) is 0.935. The van der Waals surface area contributed by atoms with E-state index in [4.69, 9.17) is 17.3 Å². The monoisotopic (exact) mass is 130 g/mol. The van der Waals surface area contributed by atoms with Gasteiger partial charge >= 0.3 is 0 Å². The lowest BCUT2D eigenvalue weighted by atomic mass is 10.6. The molecule has 0 amide bonds. The fraction of sp³-hybridized carbons (Fsp3) is 0.200. The van der Waals surface area contributed by atoms with Crippen LogP contribution in [0.2, 0.25) is 5.02 Å². The highest BCUT2D eigenvalue weighted by Crippen LogP contribution is 2.17. The molecule has 0 aliphatic carbocycles. The van der Waals surface area contributed by atoms with Crippen LogP contribution in [0.15, 0.2) is 12.4 Å². The van der Waals surface area contributed by atoms with Gasteiger partial charge in [-0.1, -0.05) is 11.6 Å². The molecule has 0 unspecified atom stereocenters. The summed E-state index contributed by atoms with van der Waals surface area (Å²) in [6, 6.07) is 0. The maximum Gasteiger partial charge on any atom is 0.0812 e. The van der Waals surface area contributed by atoms with E-state index in [-0.39, 0.29) is 0 Å². The van der Waals surface area contributed by atoms with Crippen LogP contribution in [-0.2, 0) is 7.05 Å². The third-order valence-corrected chi connectivity index (χ3v) is 1.25. The molecule has 2 N–H and O–H groups in total. The topological polar surface area (TPSA) is 30.9 Å². The summed E-state index contributed by atoms with van der Waals surface area (Å²) in [7, 11) is 1.88. The number of hydrogen-bond acceptors (Lipinski definition) is 1. The van der Waals surface area contributed by atoms with Gasteiger partial charge in [0.25, 0.3) is 0 Å². The number of anilines is 1. The molecule has 44 valence electrons. The maximum atomic E-state index is 5.58. The summed E-state index contributed by atoms with van der Waals surface area (Å²) >= 11 is 5.58. The molecule has 0 aliphatic heterocycles. The Morgan fingerprint density at radius 2 is 2.25 bits per heavy atom. The minimum atomic E-state index is 0.618. The number of nitrogen functional groups attached to an aromatic ring is 1. The summed E-state index contributed by atoms with van der Waals surface area (Å²) < 4.78 is 1.82. The minimum Gasteiger partial charge on any atom is -0.396 e. The van der Waals surface area contributed by atoms with Gasteiger partial charge in [0.2, 0.25) is 0 Å². The number of nitrogens with two attached hydrogens (primary N) is 1. The van der Waals surface area contributed by atoms with Crippen LogP contribution in [0.25, 0.3) is 0 Å². The first-order valence-electron chi connectivity index (χ1n) is 2.27. The van der Waals surface area contributed by atoms with Gasteiger partial charge in [0.1, 0.15) is 0 Å². The lowest BCUT2D eigenvalue weighted by Gasteiger charge is -1.80. The predicted octanol–water partition coefficient (Wildman–Crippen LogP) is 1.26. The number of aromatic nitrogens is 1. The fourth-order valence-corrected chi connectivity index (χ4v) is 0.774. The smallest absolute Gasteiger partial charge is 0.0812 e. The van der Waals surface area contributed by atoms with Crippen LogP contribution in [0.1, 0.15) is 0 Å². The summed E-state index contributed by atoms with van der Waals surface area (Å²) in [6.45, 7) is 0. The number of nitrogens with zero attached hydrogens (tertiary/aromatic N) is 1. The van der Waals surface area contributed by atoms with E-state index in [1.807, 2.05) is 11.6 Å². The normalized spacial score (nSPS) is 9.75. The summed E-state index contributed by atoms with van der Waals surface area (Å²) in [5, 5.41) is 0.618. The molecule has 1 heterocycles. The number of halogens is 1. The first-order valence-corrected chi connectivity index (χ1v) is 2.65. The van der Waals surface area contributed by atoms with E-state index in [1.165, 1.54) is 0 Å². The van der Waals surface area contributed by atoms with Crippen molar-refractivity contribution in [2.75, 3.05) is 5.73 Å². The molecule has 3 heteroatoms. The van der Waals surface area contributed by atoms with Gasteiger partial charge in [-0.05, 0) is 0 Å². The SMILES string of the molecule is Cn1cc(N)c(Cl)c1. The molecule has 0 fully saturated rings. The van der Waals surface area contributed by atoms with Gasteiger partial charge in [-0.2, -0.15) is 0 Å². The molecular weight excluding hydrogens is 124 g/mol. The Labute approximate surface area is 52.9 Å². The Bertz CT molecular complexity index is 173. The molecular formula is C5H7ClN2. The molecule has 1 rings (SSSR count). The molecule has 0 spiro atoms. The molecule has 0 saturated carbocycles. The molecule has 0 radical (unpaired) electrons.